The van der Waals surface area contributed by atoms with Gasteiger partial charge in [-0.1, -0.05) is 0 Å². The van der Waals surface area contributed by atoms with Crippen LogP contribution in [0.15, 0.2) is 4.99 Å². The number of morpholine rings is 1. The van der Waals surface area contributed by atoms with Gasteiger partial charge in [-0.15, -0.1) is 24.0 Å². The van der Waals surface area contributed by atoms with Gasteiger partial charge < -0.3 is 15.4 Å². The quantitative estimate of drug-likeness (QED) is 0.356. The van der Waals surface area contributed by atoms with E-state index in [1.54, 1.807) is 0 Å². The van der Waals surface area contributed by atoms with Gasteiger partial charge in [0.2, 0.25) is 10.0 Å². The lowest BCUT2D eigenvalue weighted by Crippen LogP contribution is -2.49. The van der Waals surface area contributed by atoms with Crippen LogP contribution in [-0.4, -0.2) is 68.4 Å². The zero-order chi connectivity index (χ0) is 17.7. The smallest absolute Gasteiger partial charge is 0.216 e. The number of aliphatic imine (C=N–C) groups is 1. The highest BCUT2D eigenvalue weighted by molar-refractivity contribution is 14.0. The van der Waals surface area contributed by atoms with Gasteiger partial charge in [-0.2, -0.15) is 4.31 Å². The van der Waals surface area contributed by atoms with Gasteiger partial charge in [0.25, 0.3) is 0 Å². The van der Waals surface area contributed by atoms with Crippen LogP contribution >= 0.6 is 24.0 Å². The van der Waals surface area contributed by atoms with Gasteiger partial charge in [0.15, 0.2) is 5.96 Å². The molecule has 2 unspecified atom stereocenters. The van der Waals surface area contributed by atoms with Crippen molar-refractivity contribution in [1.82, 2.24) is 14.9 Å². The summed E-state index contributed by atoms with van der Waals surface area (Å²) in [6, 6.07) is 0. The maximum absolute atomic E-state index is 12.5. The van der Waals surface area contributed by atoms with E-state index in [1.807, 2.05) is 41.5 Å². The maximum atomic E-state index is 12.5. The number of guanidine groups is 1. The fraction of sp³-hybridized carbons (Fsp3) is 0.933. The van der Waals surface area contributed by atoms with Crippen molar-refractivity contribution >= 4 is 40.0 Å². The van der Waals surface area contributed by atoms with Crippen LogP contribution in [0.1, 0.15) is 41.5 Å². The predicted molar refractivity (Wildman–Crippen MR) is 110 cm³/mol. The molecule has 1 saturated heterocycles. The van der Waals surface area contributed by atoms with Gasteiger partial charge in [-0.3, -0.25) is 4.99 Å². The number of hydrogen-bond acceptors (Lipinski definition) is 4. The molecule has 0 radical (unpaired) electrons. The number of hydrogen-bond donors (Lipinski definition) is 2. The van der Waals surface area contributed by atoms with Crippen molar-refractivity contribution in [2.24, 2.45) is 4.99 Å². The summed E-state index contributed by atoms with van der Waals surface area (Å²) in [5.74, 6) is 0.645. The van der Waals surface area contributed by atoms with Crippen LogP contribution in [0, 0.1) is 0 Å². The SMILES string of the molecule is CCNC(=NCCS(=O)(=O)N1CC(C)OC(C)C1)NC(C)(C)C.I. The summed E-state index contributed by atoms with van der Waals surface area (Å²) in [7, 11) is -3.31. The molecule has 9 heteroatoms. The Morgan fingerprint density at radius 3 is 2.25 bits per heavy atom. The van der Waals surface area contributed by atoms with Crippen LogP contribution in [0.3, 0.4) is 0 Å². The highest BCUT2D eigenvalue weighted by Crippen LogP contribution is 2.14. The Balaban J connectivity index is 0.00000529. The van der Waals surface area contributed by atoms with E-state index < -0.39 is 10.0 Å². The molecule has 0 amide bonds. The Kier molecular flexibility index (Phi) is 10.1. The number of nitrogens with one attached hydrogen (secondary N) is 2. The standard InChI is InChI=1S/C15H32N4O3S.HI/c1-7-16-14(18-15(4,5)6)17-8-9-23(20,21)19-10-12(2)22-13(3)11-19;/h12-13H,7-11H2,1-6H3,(H2,16,17,18);1H. The number of nitrogens with zero attached hydrogens (tertiary/aromatic N) is 2. The topological polar surface area (TPSA) is 83.0 Å². The Morgan fingerprint density at radius 1 is 1.25 bits per heavy atom. The molecule has 1 fully saturated rings. The van der Waals surface area contributed by atoms with Gasteiger partial charge in [-0.05, 0) is 41.5 Å². The van der Waals surface area contributed by atoms with E-state index >= 15 is 0 Å². The van der Waals surface area contributed by atoms with Crippen molar-refractivity contribution < 1.29 is 13.2 Å². The first kappa shape index (κ1) is 23.9. The summed E-state index contributed by atoms with van der Waals surface area (Å²) in [5, 5.41) is 6.38. The third kappa shape index (κ3) is 8.82. The van der Waals surface area contributed by atoms with Crippen LogP contribution in [-0.2, 0) is 14.8 Å². The van der Waals surface area contributed by atoms with Crippen LogP contribution in [0.2, 0.25) is 0 Å². The number of rotatable bonds is 5. The molecule has 0 aromatic heterocycles. The monoisotopic (exact) mass is 476 g/mol. The van der Waals surface area contributed by atoms with Crippen molar-refractivity contribution in [3.8, 4) is 0 Å². The second-order valence-corrected chi connectivity index (χ2v) is 9.11. The first-order chi connectivity index (χ1) is 10.5. The Morgan fingerprint density at radius 2 is 1.79 bits per heavy atom. The Labute approximate surface area is 164 Å². The lowest BCUT2D eigenvalue weighted by molar-refractivity contribution is -0.0440. The molecule has 0 aromatic carbocycles. The van der Waals surface area contributed by atoms with Crippen LogP contribution < -0.4 is 10.6 Å². The highest BCUT2D eigenvalue weighted by atomic mass is 127. The van der Waals surface area contributed by atoms with Crippen LogP contribution in [0.5, 0.6) is 0 Å². The molecule has 1 heterocycles. The lowest BCUT2D eigenvalue weighted by Gasteiger charge is -2.34. The number of ether oxygens (including phenoxy) is 1. The second kappa shape index (κ2) is 10.1. The number of sulfonamides is 1. The Bertz CT molecular complexity index is 495. The zero-order valence-electron chi connectivity index (χ0n) is 15.6. The molecule has 0 aliphatic carbocycles. The van der Waals surface area contributed by atoms with E-state index in [0.29, 0.717) is 19.0 Å². The number of halogens is 1. The molecule has 0 spiro atoms. The van der Waals surface area contributed by atoms with E-state index in [9.17, 15) is 8.42 Å². The van der Waals surface area contributed by atoms with Crippen molar-refractivity contribution in [2.75, 3.05) is 31.9 Å². The van der Waals surface area contributed by atoms with Gasteiger partial charge >= 0.3 is 0 Å². The molecule has 1 aliphatic heterocycles. The van der Waals surface area contributed by atoms with Crippen LogP contribution in [0.4, 0.5) is 0 Å². The van der Waals surface area contributed by atoms with E-state index in [4.69, 9.17) is 4.74 Å². The van der Waals surface area contributed by atoms with Crippen molar-refractivity contribution in [3.63, 3.8) is 0 Å². The second-order valence-electron chi connectivity index (χ2n) is 7.03. The molecule has 144 valence electrons. The molecular formula is C15H33IN4O3S. The van der Waals surface area contributed by atoms with E-state index in [2.05, 4.69) is 15.6 Å². The third-order valence-electron chi connectivity index (χ3n) is 3.24. The largest absolute Gasteiger partial charge is 0.373 e. The fourth-order valence-corrected chi connectivity index (χ4v) is 3.88. The molecule has 2 N–H and O–H groups in total. The minimum absolute atomic E-state index is 0. The van der Waals surface area contributed by atoms with E-state index in [-0.39, 0.29) is 54.0 Å². The third-order valence-corrected chi connectivity index (χ3v) is 5.02. The summed E-state index contributed by atoms with van der Waals surface area (Å²) in [4.78, 5) is 4.37. The maximum Gasteiger partial charge on any atom is 0.216 e. The predicted octanol–water partition coefficient (Wildman–Crippen LogP) is 1.40. The van der Waals surface area contributed by atoms with Gasteiger partial charge in [0.05, 0.1) is 24.5 Å². The van der Waals surface area contributed by atoms with Crippen LogP contribution in [0.25, 0.3) is 0 Å². The zero-order valence-corrected chi connectivity index (χ0v) is 18.8. The summed E-state index contributed by atoms with van der Waals surface area (Å²) >= 11 is 0. The minimum atomic E-state index is -3.31. The first-order valence-electron chi connectivity index (χ1n) is 8.23. The normalized spacial score (nSPS) is 23.5. The highest BCUT2D eigenvalue weighted by Gasteiger charge is 2.30. The molecule has 1 aliphatic rings. The minimum Gasteiger partial charge on any atom is -0.373 e. The molecule has 24 heavy (non-hydrogen) atoms. The van der Waals surface area contributed by atoms with Gasteiger partial charge in [-0.25, -0.2) is 8.42 Å². The molecule has 0 bridgehead atoms. The van der Waals surface area contributed by atoms with E-state index in [1.165, 1.54) is 4.31 Å². The fourth-order valence-electron chi connectivity index (χ4n) is 2.42. The Hall–Kier alpha value is -0.130. The summed E-state index contributed by atoms with van der Waals surface area (Å²) in [5.41, 5.74) is -0.130. The molecular weight excluding hydrogens is 443 g/mol. The van der Waals surface area contributed by atoms with E-state index in [0.717, 1.165) is 6.54 Å². The molecule has 2 atom stereocenters. The van der Waals surface area contributed by atoms with Crippen molar-refractivity contribution in [3.05, 3.63) is 0 Å². The summed E-state index contributed by atoms with van der Waals surface area (Å²) in [6.07, 6.45) is -0.145. The first-order valence-corrected chi connectivity index (χ1v) is 9.84. The average molecular weight is 476 g/mol. The summed E-state index contributed by atoms with van der Waals surface area (Å²) < 4.78 is 32.0. The van der Waals surface area contributed by atoms with Gasteiger partial charge in [0.1, 0.15) is 0 Å². The molecule has 7 nitrogen and oxygen atoms in total. The molecule has 0 saturated carbocycles. The molecule has 1 rings (SSSR count). The average Bonchev–Trinajstić information content (AvgIpc) is 2.35. The lowest BCUT2D eigenvalue weighted by atomic mass is 10.1. The van der Waals surface area contributed by atoms with Crippen molar-refractivity contribution in [1.29, 1.82) is 0 Å². The van der Waals surface area contributed by atoms with Gasteiger partial charge in [0, 0.05) is 25.2 Å². The molecule has 0 aromatic rings. The van der Waals surface area contributed by atoms with Crippen molar-refractivity contribution in [2.45, 2.75) is 59.3 Å². The summed E-state index contributed by atoms with van der Waals surface area (Å²) in [6.45, 7) is 13.7.